The van der Waals surface area contributed by atoms with Crippen molar-refractivity contribution in [2.24, 2.45) is 0 Å². The molecule has 5 heteroatoms. The molecule has 0 bridgehead atoms. The highest BCUT2D eigenvalue weighted by Gasteiger charge is 2.55. The minimum Gasteiger partial charge on any atom is -0.408 e. The maximum Gasteiger partial charge on any atom is 0.193 e. The molecule has 3 atom stereocenters. The van der Waals surface area contributed by atoms with Gasteiger partial charge in [0.1, 0.15) is 12.2 Å². The fraction of sp³-hybridized carbons (Fsp3) is 0.769. The van der Waals surface area contributed by atoms with Gasteiger partial charge in [0, 0.05) is 5.57 Å². The molecule has 1 saturated heterocycles. The molecule has 0 aromatic rings. The Labute approximate surface area is 109 Å². The van der Waals surface area contributed by atoms with Gasteiger partial charge in [-0.3, -0.25) is 4.79 Å². The first kappa shape index (κ1) is 13.9. The lowest BCUT2D eigenvalue weighted by Crippen LogP contribution is -2.46. The SMILES string of the molecule is CC(C)(C)[Si](C)(C)O[C@@H]1C=C(CO)C(=O)[C@H]2O[C@H]21. The third-order valence-electron chi connectivity index (χ3n) is 4.20. The maximum absolute atomic E-state index is 11.7. The number of epoxide rings is 1. The van der Waals surface area contributed by atoms with Crippen LogP contribution in [-0.2, 0) is 14.0 Å². The lowest BCUT2D eigenvalue weighted by Gasteiger charge is -2.38. The van der Waals surface area contributed by atoms with Crippen LogP contribution >= 0.6 is 0 Å². The first-order valence-corrected chi connectivity index (χ1v) is 9.27. The van der Waals surface area contributed by atoms with Crippen LogP contribution in [0.3, 0.4) is 0 Å². The van der Waals surface area contributed by atoms with Gasteiger partial charge in [0.15, 0.2) is 14.1 Å². The van der Waals surface area contributed by atoms with Crippen LogP contribution in [0.15, 0.2) is 11.6 Å². The lowest BCUT2D eigenvalue weighted by molar-refractivity contribution is -0.117. The number of carbonyl (C=O) groups excluding carboxylic acids is 1. The van der Waals surface area contributed by atoms with Crippen LogP contribution in [0.25, 0.3) is 0 Å². The zero-order valence-electron chi connectivity index (χ0n) is 11.7. The van der Waals surface area contributed by atoms with Crippen LogP contribution in [0.2, 0.25) is 18.1 Å². The van der Waals surface area contributed by atoms with Gasteiger partial charge in [-0.2, -0.15) is 0 Å². The molecular weight excluding hydrogens is 248 g/mol. The number of rotatable bonds is 3. The van der Waals surface area contributed by atoms with Crippen molar-refractivity contribution in [1.82, 2.24) is 0 Å². The molecule has 0 radical (unpaired) electrons. The molecule has 1 aliphatic carbocycles. The van der Waals surface area contributed by atoms with E-state index in [0.717, 1.165) is 0 Å². The molecule has 1 aliphatic heterocycles. The van der Waals surface area contributed by atoms with E-state index >= 15 is 0 Å². The van der Waals surface area contributed by atoms with Crippen LogP contribution in [0.1, 0.15) is 20.8 Å². The number of fused-ring (bicyclic) bond motifs is 1. The second kappa shape index (κ2) is 4.26. The largest absolute Gasteiger partial charge is 0.408 e. The summed E-state index contributed by atoms with van der Waals surface area (Å²) < 4.78 is 11.6. The molecule has 2 rings (SSSR count). The van der Waals surface area contributed by atoms with Crippen molar-refractivity contribution in [2.75, 3.05) is 6.61 Å². The Morgan fingerprint density at radius 1 is 1.44 bits per heavy atom. The van der Waals surface area contributed by atoms with Crippen LogP contribution in [0.4, 0.5) is 0 Å². The predicted molar refractivity (Wildman–Crippen MR) is 70.9 cm³/mol. The van der Waals surface area contributed by atoms with Gasteiger partial charge in [-0.05, 0) is 24.2 Å². The average molecular weight is 270 g/mol. The Balaban J connectivity index is 2.16. The summed E-state index contributed by atoms with van der Waals surface area (Å²) in [6, 6.07) is 0. The second-order valence-electron chi connectivity index (χ2n) is 6.58. The first-order chi connectivity index (χ1) is 8.17. The molecule has 0 saturated carbocycles. The summed E-state index contributed by atoms with van der Waals surface area (Å²) >= 11 is 0. The Kier molecular flexibility index (Phi) is 3.30. The molecule has 18 heavy (non-hydrogen) atoms. The fourth-order valence-corrected chi connectivity index (χ4v) is 3.13. The van der Waals surface area contributed by atoms with Crippen LogP contribution in [0, 0.1) is 0 Å². The molecule has 0 aromatic carbocycles. The molecule has 2 aliphatic rings. The smallest absolute Gasteiger partial charge is 0.193 e. The average Bonchev–Trinajstić information content (AvgIpc) is 3.00. The predicted octanol–water partition coefficient (Wildman–Crippen LogP) is 1.65. The van der Waals surface area contributed by atoms with E-state index in [9.17, 15) is 9.90 Å². The highest BCUT2D eigenvalue weighted by Crippen LogP contribution is 2.42. The highest BCUT2D eigenvalue weighted by molar-refractivity contribution is 6.74. The van der Waals surface area contributed by atoms with Gasteiger partial charge in [0.25, 0.3) is 0 Å². The number of hydrogen-bond donors (Lipinski definition) is 1. The monoisotopic (exact) mass is 270 g/mol. The summed E-state index contributed by atoms with van der Waals surface area (Å²) in [5.74, 6) is -0.0856. The van der Waals surface area contributed by atoms with E-state index in [0.29, 0.717) is 5.57 Å². The lowest BCUT2D eigenvalue weighted by atomic mass is 9.97. The number of aliphatic hydroxyl groups excluding tert-OH is 1. The van der Waals surface area contributed by atoms with Crippen LogP contribution in [-0.4, -0.2) is 44.1 Å². The summed E-state index contributed by atoms with van der Waals surface area (Å²) in [5, 5.41) is 9.30. The van der Waals surface area contributed by atoms with Gasteiger partial charge in [-0.25, -0.2) is 0 Å². The summed E-state index contributed by atoms with van der Waals surface area (Å²) in [6.45, 7) is 10.6. The van der Waals surface area contributed by atoms with Gasteiger partial charge in [0.2, 0.25) is 0 Å². The van der Waals surface area contributed by atoms with Crippen molar-refractivity contribution < 1.29 is 19.1 Å². The Morgan fingerprint density at radius 2 is 2.06 bits per heavy atom. The summed E-state index contributed by atoms with van der Waals surface area (Å²) in [6.07, 6.45) is 1.04. The Morgan fingerprint density at radius 3 is 2.56 bits per heavy atom. The minimum atomic E-state index is -1.89. The number of ether oxygens (including phenoxy) is 1. The molecule has 4 nitrogen and oxygen atoms in total. The topological polar surface area (TPSA) is 59.1 Å². The molecule has 0 aromatic heterocycles. The fourth-order valence-electron chi connectivity index (χ4n) is 1.89. The van der Waals surface area contributed by atoms with Crippen molar-refractivity contribution in [1.29, 1.82) is 0 Å². The van der Waals surface area contributed by atoms with Crippen LogP contribution < -0.4 is 0 Å². The molecule has 0 amide bonds. The Bertz CT molecular complexity index is 394. The van der Waals surface area contributed by atoms with Gasteiger partial charge in [0.05, 0.1) is 12.7 Å². The molecule has 0 spiro atoms. The van der Waals surface area contributed by atoms with E-state index in [1.54, 1.807) is 6.08 Å². The van der Waals surface area contributed by atoms with E-state index in [1.807, 2.05) is 0 Å². The molecule has 0 unspecified atom stereocenters. The molecular formula is C13H22O4Si. The van der Waals surface area contributed by atoms with Gasteiger partial charge < -0.3 is 14.3 Å². The Hall–Kier alpha value is -0.493. The normalized spacial score (nSPS) is 32.0. The third-order valence-corrected chi connectivity index (χ3v) is 8.67. The van der Waals surface area contributed by atoms with E-state index in [2.05, 4.69) is 33.9 Å². The van der Waals surface area contributed by atoms with E-state index in [1.165, 1.54) is 0 Å². The zero-order chi connectivity index (χ0) is 13.7. The van der Waals surface area contributed by atoms with Crippen molar-refractivity contribution in [3.05, 3.63) is 11.6 Å². The van der Waals surface area contributed by atoms with Gasteiger partial charge >= 0.3 is 0 Å². The number of aliphatic hydroxyl groups is 1. The summed E-state index contributed by atoms with van der Waals surface area (Å²) in [7, 11) is -1.89. The second-order valence-corrected chi connectivity index (χ2v) is 11.3. The van der Waals surface area contributed by atoms with Crippen molar-refractivity contribution in [2.45, 2.75) is 57.2 Å². The highest BCUT2D eigenvalue weighted by atomic mass is 28.4. The van der Waals surface area contributed by atoms with Gasteiger partial charge in [-0.1, -0.05) is 20.8 Å². The van der Waals surface area contributed by atoms with E-state index in [4.69, 9.17) is 9.16 Å². The standard InChI is InChI=1S/C13H22O4Si/c1-13(2,3)18(4,5)17-9-6-8(7-14)10(15)12-11(9)16-12/h6,9,11-12,14H,7H2,1-5H3/t9-,11+,12-/m1/s1. The van der Waals surface area contributed by atoms with Crippen molar-refractivity contribution in [3.63, 3.8) is 0 Å². The number of carbonyl (C=O) groups is 1. The summed E-state index contributed by atoms with van der Waals surface area (Å²) in [4.78, 5) is 11.7. The minimum absolute atomic E-state index is 0.0856. The molecule has 1 N–H and O–H groups in total. The third kappa shape index (κ3) is 2.32. The quantitative estimate of drug-likeness (QED) is 0.626. The van der Waals surface area contributed by atoms with E-state index < -0.39 is 8.32 Å². The first-order valence-electron chi connectivity index (χ1n) is 6.36. The number of Topliss-reactive ketones (excluding diaryl/α,β-unsaturated/α-hetero) is 1. The summed E-state index contributed by atoms with van der Waals surface area (Å²) in [5.41, 5.74) is 0.428. The number of ketones is 1. The number of hydrogen-bond acceptors (Lipinski definition) is 4. The molecule has 102 valence electrons. The van der Waals surface area contributed by atoms with Crippen LogP contribution in [0.5, 0.6) is 0 Å². The molecule has 1 heterocycles. The van der Waals surface area contributed by atoms with Crippen molar-refractivity contribution >= 4 is 14.1 Å². The zero-order valence-corrected chi connectivity index (χ0v) is 12.7. The van der Waals surface area contributed by atoms with Gasteiger partial charge in [-0.15, -0.1) is 0 Å². The maximum atomic E-state index is 11.7. The van der Waals surface area contributed by atoms with E-state index in [-0.39, 0.29) is 35.7 Å². The van der Waals surface area contributed by atoms with Crippen molar-refractivity contribution in [3.8, 4) is 0 Å². The molecule has 1 fully saturated rings.